The van der Waals surface area contributed by atoms with Crippen molar-refractivity contribution < 1.29 is 28.6 Å². The number of esters is 3. The molecule has 0 fully saturated rings. The lowest BCUT2D eigenvalue weighted by molar-refractivity contribution is -0.167. The highest BCUT2D eigenvalue weighted by atomic mass is 16.6. The van der Waals surface area contributed by atoms with Crippen LogP contribution in [0.2, 0.25) is 0 Å². The molecular formula is C64H122O6. The van der Waals surface area contributed by atoms with Gasteiger partial charge in [-0.25, -0.2) is 0 Å². The first-order valence-electron chi connectivity index (χ1n) is 31.7. The molecule has 1 unspecified atom stereocenters. The molecule has 0 heterocycles. The fourth-order valence-electron chi connectivity index (χ4n) is 9.74. The lowest BCUT2D eigenvalue weighted by Crippen LogP contribution is -2.30. The molecule has 0 bridgehead atoms. The predicted molar refractivity (Wildman–Crippen MR) is 303 cm³/mol. The summed E-state index contributed by atoms with van der Waals surface area (Å²) in [4.78, 5) is 37.8. The first-order valence-corrected chi connectivity index (χ1v) is 31.7. The highest BCUT2D eigenvalue weighted by molar-refractivity contribution is 5.71. The van der Waals surface area contributed by atoms with Crippen LogP contribution in [0, 0.1) is 0 Å². The number of allylic oxidation sites excluding steroid dienone is 2. The normalized spacial score (nSPS) is 12.0. The van der Waals surface area contributed by atoms with Gasteiger partial charge in [0.25, 0.3) is 0 Å². The summed E-state index contributed by atoms with van der Waals surface area (Å²) in [6.45, 7) is 6.61. The Kier molecular flexibility index (Phi) is 58.1. The second kappa shape index (κ2) is 59.7. The van der Waals surface area contributed by atoms with E-state index in [4.69, 9.17) is 14.2 Å². The fourth-order valence-corrected chi connectivity index (χ4v) is 9.74. The Balaban J connectivity index is 3.91. The third-order valence-electron chi connectivity index (χ3n) is 14.5. The van der Waals surface area contributed by atoms with E-state index in [0.717, 1.165) is 64.2 Å². The molecule has 0 amide bonds. The second-order valence-electron chi connectivity index (χ2n) is 21.7. The summed E-state index contributed by atoms with van der Waals surface area (Å²) < 4.78 is 16.8. The number of unbranched alkanes of at least 4 members (excludes halogenated alkanes) is 46. The van der Waals surface area contributed by atoms with Crippen LogP contribution in [-0.4, -0.2) is 37.2 Å². The van der Waals surface area contributed by atoms with E-state index in [1.807, 2.05) is 0 Å². The SMILES string of the molecule is CCCCCCCC/C=C\CCCCCCCCCC(=O)OC(COC(=O)CCCCCCC)COC(=O)CCCCCCCCCCCCCCCCCCCCCCCCCCCCCCCC. The molecule has 0 rings (SSSR count). The average Bonchev–Trinajstić information content (AvgIpc) is 3.36. The highest BCUT2D eigenvalue weighted by Crippen LogP contribution is 2.18. The Labute approximate surface area is 437 Å². The van der Waals surface area contributed by atoms with Crippen molar-refractivity contribution in [3.8, 4) is 0 Å². The lowest BCUT2D eigenvalue weighted by atomic mass is 10.0. The molecule has 0 aliphatic rings. The van der Waals surface area contributed by atoms with Crippen molar-refractivity contribution in [1.29, 1.82) is 0 Å². The second-order valence-corrected chi connectivity index (χ2v) is 21.7. The van der Waals surface area contributed by atoms with Crippen molar-refractivity contribution in [3.05, 3.63) is 12.2 Å². The molecule has 414 valence electrons. The van der Waals surface area contributed by atoms with Crippen molar-refractivity contribution in [2.24, 2.45) is 0 Å². The first-order chi connectivity index (χ1) is 34.5. The molecule has 0 saturated carbocycles. The van der Waals surface area contributed by atoms with E-state index in [0.29, 0.717) is 19.3 Å². The quantitative estimate of drug-likeness (QED) is 0.0261. The molecule has 1 atom stereocenters. The highest BCUT2D eigenvalue weighted by Gasteiger charge is 2.19. The van der Waals surface area contributed by atoms with Gasteiger partial charge in [-0.3, -0.25) is 14.4 Å². The van der Waals surface area contributed by atoms with Crippen molar-refractivity contribution in [3.63, 3.8) is 0 Å². The molecule has 0 radical (unpaired) electrons. The summed E-state index contributed by atoms with van der Waals surface area (Å²) in [5, 5.41) is 0. The number of carbonyl (C=O) groups is 3. The minimum Gasteiger partial charge on any atom is -0.462 e. The molecule has 0 aliphatic carbocycles. The molecule has 0 spiro atoms. The number of ether oxygens (including phenoxy) is 3. The third kappa shape index (κ3) is 57.1. The Morgan fingerprint density at radius 3 is 0.714 bits per heavy atom. The molecule has 0 saturated heterocycles. The number of hydrogen-bond acceptors (Lipinski definition) is 6. The molecule has 0 N–H and O–H groups in total. The van der Waals surface area contributed by atoms with Gasteiger partial charge in [0, 0.05) is 19.3 Å². The smallest absolute Gasteiger partial charge is 0.306 e. The van der Waals surface area contributed by atoms with Crippen LogP contribution in [0.4, 0.5) is 0 Å². The van der Waals surface area contributed by atoms with Gasteiger partial charge in [0.15, 0.2) is 6.10 Å². The van der Waals surface area contributed by atoms with Crippen molar-refractivity contribution in [1.82, 2.24) is 0 Å². The zero-order valence-electron chi connectivity index (χ0n) is 47.6. The third-order valence-corrected chi connectivity index (χ3v) is 14.5. The molecular weight excluding hydrogens is 865 g/mol. The van der Waals surface area contributed by atoms with Gasteiger partial charge < -0.3 is 14.2 Å². The Morgan fingerprint density at radius 2 is 0.471 bits per heavy atom. The summed E-state index contributed by atoms with van der Waals surface area (Å²) in [6.07, 6.45) is 70.0. The summed E-state index contributed by atoms with van der Waals surface area (Å²) >= 11 is 0. The van der Waals surface area contributed by atoms with Crippen molar-refractivity contribution >= 4 is 17.9 Å². The summed E-state index contributed by atoms with van der Waals surface area (Å²) in [6, 6.07) is 0. The molecule has 0 aliphatic heterocycles. The van der Waals surface area contributed by atoms with Crippen LogP contribution in [0.25, 0.3) is 0 Å². The monoisotopic (exact) mass is 987 g/mol. The standard InChI is InChI=1S/C64H122O6/c1-4-7-10-13-15-17-19-21-23-25-26-27-28-29-30-31-32-33-34-35-36-37-39-40-42-44-46-48-51-54-57-63(66)69-60-61(59-68-62(65)56-53-50-12-9-6-3)70-64(67)58-55-52-49-47-45-43-41-38-24-22-20-18-16-14-11-8-5-2/h22,24,61H,4-21,23,25-60H2,1-3H3/b24-22-. The first kappa shape index (κ1) is 68.2. The van der Waals surface area contributed by atoms with E-state index in [9.17, 15) is 14.4 Å². The largest absolute Gasteiger partial charge is 0.462 e. The van der Waals surface area contributed by atoms with E-state index in [-0.39, 0.29) is 31.1 Å². The van der Waals surface area contributed by atoms with Crippen LogP contribution in [0.5, 0.6) is 0 Å². The van der Waals surface area contributed by atoms with Crippen LogP contribution in [-0.2, 0) is 28.6 Å². The minimum atomic E-state index is -0.765. The van der Waals surface area contributed by atoms with E-state index in [2.05, 4.69) is 32.9 Å². The minimum absolute atomic E-state index is 0.0673. The van der Waals surface area contributed by atoms with Gasteiger partial charge in [0.05, 0.1) is 0 Å². The molecule has 6 nitrogen and oxygen atoms in total. The maximum Gasteiger partial charge on any atom is 0.306 e. The summed E-state index contributed by atoms with van der Waals surface area (Å²) in [5.74, 6) is -0.864. The van der Waals surface area contributed by atoms with Crippen molar-refractivity contribution in [2.45, 2.75) is 367 Å². The Hall–Kier alpha value is -1.85. The zero-order valence-corrected chi connectivity index (χ0v) is 47.6. The van der Waals surface area contributed by atoms with Crippen LogP contribution >= 0.6 is 0 Å². The maximum atomic E-state index is 12.8. The molecule has 6 heteroatoms. The topological polar surface area (TPSA) is 78.9 Å². The zero-order chi connectivity index (χ0) is 50.7. The predicted octanol–water partition coefficient (Wildman–Crippen LogP) is 21.3. The molecule has 70 heavy (non-hydrogen) atoms. The fraction of sp³-hybridized carbons (Fsp3) is 0.922. The Morgan fingerprint density at radius 1 is 0.271 bits per heavy atom. The molecule has 0 aromatic rings. The maximum absolute atomic E-state index is 12.8. The van der Waals surface area contributed by atoms with Gasteiger partial charge in [-0.15, -0.1) is 0 Å². The Bertz CT molecular complexity index is 1090. The van der Waals surface area contributed by atoms with Gasteiger partial charge in [0.2, 0.25) is 0 Å². The van der Waals surface area contributed by atoms with Gasteiger partial charge in [-0.1, -0.05) is 309 Å². The van der Waals surface area contributed by atoms with Gasteiger partial charge in [-0.2, -0.15) is 0 Å². The van der Waals surface area contributed by atoms with Crippen LogP contribution in [0.15, 0.2) is 12.2 Å². The van der Waals surface area contributed by atoms with E-state index in [1.165, 1.54) is 257 Å². The van der Waals surface area contributed by atoms with Crippen LogP contribution < -0.4 is 0 Å². The summed E-state index contributed by atoms with van der Waals surface area (Å²) in [7, 11) is 0. The van der Waals surface area contributed by atoms with Gasteiger partial charge >= 0.3 is 17.9 Å². The van der Waals surface area contributed by atoms with Crippen molar-refractivity contribution in [2.75, 3.05) is 13.2 Å². The van der Waals surface area contributed by atoms with Gasteiger partial charge in [0.1, 0.15) is 13.2 Å². The number of hydrogen-bond donors (Lipinski definition) is 0. The average molecular weight is 988 g/mol. The van der Waals surface area contributed by atoms with E-state index in [1.54, 1.807) is 0 Å². The van der Waals surface area contributed by atoms with E-state index >= 15 is 0 Å². The van der Waals surface area contributed by atoms with E-state index < -0.39 is 6.10 Å². The van der Waals surface area contributed by atoms with Gasteiger partial charge in [-0.05, 0) is 44.9 Å². The summed E-state index contributed by atoms with van der Waals surface area (Å²) in [5.41, 5.74) is 0. The lowest BCUT2D eigenvalue weighted by Gasteiger charge is -2.18. The van der Waals surface area contributed by atoms with Crippen LogP contribution in [0.3, 0.4) is 0 Å². The number of carbonyl (C=O) groups excluding carboxylic acids is 3. The number of rotatable bonds is 59. The molecule has 0 aromatic heterocycles. The molecule has 0 aromatic carbocycles. The van der Waals surface area contributed by atoms with Crippen LogP contribution in [0.1, 0.15) is 361 Å².